The van der Waals surface area contributed by atoms with Crippen molar-refractivity contribution in [2.75, 3.05) is 13.1 Å². The molecule has 0 spiro atoms. The molecule has 0 unspecified atom stereocenters. The Balaban J connectivity index is 1.33. The van der Waals surface area contributed by atoms with Crippen molar-refractivity contribution in [1.82, 2.24) is 20.2 Å². The first-order valence-corrected chi connectivity index (χ1v) is 9.31. The van der Waals surface area contributed by atoms with Crippen LogP contribution in [-0.2, 0) is 6.54 Å². The summed E-state index contributed by atoms with van der Waals surface area (Å²) in [6.45, 7) is 3.49. The van der Waals surface area contributed by atoms with Gasteiger partial charge in [0, 0.05) is 37.4 Å². The van der Waals surface area contributed by atoms with Crippen molar-refractivity contribution >= 4 is 17.1 Å². The summed E-state index contributed by atoms with van der Waals surface area (Å²) < 4.78 is 13.6. The highest BCUT2D eigenvalue weighted by Crippen LogP contribution is 2.32. The van der Waals surface area contributed by atoms with E-state index in [4.69, 9.17) is 0 Å². The average Bonchev–Trinajstić information content (AvgIpc) is 3.13. The van der Waals surface area contributed by atoms with Gasteiger partial charge in [0.1, 0.15) is 11.5 Å². The van der Waals surface area contributed by atoms with Crippen molar-refractivity contribution in [3.8, 4) is 0 Å². The maximum absolute atomic E-state index is 13.6. The van der Waals surface area contributed by atoms with E-state index in [-0.39, 0.29) is 11.8 Å². The average molecular weight is 366 g/mol. The van der Waals surface area contributed by atoms with Crippen molar-refractivity contribution in [3.63, 3.8) is 0 Å². The first-order valence-electron chi connectivity index (χ1n) is 9.31. The normalized spacial score (nSPS) is 15.3. The molecule has 1 saturated heterocycles. The van der Waals surface area contributed by atoms with Crippen LogP contribution in [0.25, 0.3) is 11.0 Å². The highest BCUT2D eigenvalue weighted by molar-refractivity contribution is 5.80. The zero-order chi connectivity index (χ0) is 18.8. The SMILES string of the molecule is Cc1ccc(CNC(=O)N2CCC(c3c[nH]c4ncccc34)CC2)cc1F. The Hall–Kier alpha value is -2.89. The van der Waals surface area contributed by atoms with Gasteiger partial charge in [-0.2, -0.15) is 0 Å². The molecule has 3 aromatic rings. The molecule has 2 aromatic heterocycles. The summed E-state index contributed by atoms with van der Waals surface area (Å²) in [5, 5.41) is 4.07. The minimum Gasteiger partial charge on any atom is -0.346 e. The molecule has 1 aliphatic heterocycles. The highest BCUT2D eigenvalue weighted by atomic mass is 19.1. The van der Waals surface area contributed by atoms with E-state index >= 15 is 0 Å². The molecule has 0 radical (unpaired) electrons. The fourth-order valence-corrected chi connectivity index (χ4v) is 3.74. The van der Waals surface area contributed by atoms with E-state index < -0.39 is 0 Å². The predicted octanol–water partition coefficient (Wildman–Crippen LogP) is 4.10. The molecule has 2 amide bonds. The summed E-state index contributed by atoms with van der Waals surface area (Å²) >= 11 is 0. The smallest absolute Gasteiger partial charge is 0.317 e. The number of aryl methyl sites for hydroxylation is 1. The Bertz CT molecular complexity index is 960. The van der Waals surface area contributed by atoms with Crippen LogP contribution in [0.5, 0.6) is 0 Å². The number of fused-ring (bicyclic) bond motifs is 1. The molecule has 1 fully saturated rings. The lowest BCUT2D eigenvalue weighted by atomic mass is 9.89. The third-order valence-electron chi connectivity index (χ3n) is 5.39. The second-order valence-corrected chi connectivity index (χ2v) is 7.15. The van der Waals surface area contributed by atoms with Gasteiger partial charge in [0.15, 0.2) is 0 Å². The topological polar surface area (TPSA) is 61.0 Å². The van der Waals surface area contributed by atoms with Crippen LogP contribution in [0.4, 0.5) is 9.18 Å². The molecule has 1 aliphatic rings. The first-order chi connectivity index (χ1) is 13.1. The molecule has 0 saturated carbocycles. The van der Waals surface area contributed by atoms with Gasteiger partial charge in [0.05, 0.1) is 0 Å². The molecule has 140 valence electrons. The van der Waals surface area contributed by atoms with Crippen LogP contribution < -0.4 is 5.32 Å². The number of likely N-dealkylation sites (tertiary alicyclic amines) is 1. The maximum Gasteiger partial charge on any atom is 0.317 e. The van der Waals surface area contributed by atoms with Gasteiger partial charge >= 0.3 is 6.03 Å². The molecule has 0 bridgehead atoms. The number of carbonyl (C=O) groups excluding carboxylic acids is 1. The number of carbonyl (C=O) groups is 1. The van der Waals surface area contributed by atoms with E-state index in [9.17, 15) is 9.18 Å². The van der Waals surface area contributed by atoms with Crippen molar-refractivity contribution in [2.24, 2.45) is 0 Å². The number of urea groups is 1. The number of halogens is 1. The number of benzene rings is 1. The molecule has 3 heterocycles. The van der Waals surface area contributed by atoms with Gasteiger partial charge in [-0.1, -0.05) is 12.1 Å². The zero-order valence-electron chi connectivity index (χ0n) is 15.3. The van der Waals surface area contributed by atoms with Crippen LogP contribution in [-0.4, -0.2) is 34.0 Å². The Kier molecular flexibility index (Phi) is 4.79. The van der Waals surface area contributed by atoms with Crippen molar-refractivity contribution < 1.29 is 9.18 Å². The summed E-state index contributed by atoms with van der Waals surface area (Å²) in [6.07, 6.45) is 5.68. The standard InChI is InChI=1S/C21H23FN4O/c1-14-4-5-15(11-19(14)22)12-25-21(27)26-9-6-16(7-10-26)18-13-24-20-17(18)3-2-8-23-20/h2-5,8,11,13,16H,6-7,9-10,12H2,1H3,(H,23,24)(H,25,27). The van der Waals surface area contributed by atoms with Gasteiger partial charge in [0.25, 0.3) is 0 Å². The van der Waals surface area contributed by atoms with E-state index in [1.165, 1.54) is 17.0 Å². The fourth-order valence-electron chi connectivity index (χ4n) is 3.74. The first kappa shape index (κ1) is 17.5. The third-order valence-corrected chi connectivity index (χ3v) is 5.39. The van der Waals surface area contributed by atoms with E-state index in [2.05, 4.69) is 21.4 Å². The van der Waals surface area contributed by atoms with Crippen molar-refractivity contribution in [3.05, 3.63) is 65.2 Å². The molecular formula is C21H23FN4O. The van der Waals surface area contributed by atoms with E-state index in [0.717, 1.165) is 24.1 Å². The molecule has 2 N–H and O–H groups in total. The Labute approximate surface area is 157 Å². The lowest BCUT2D eigenvalue weighted by Gasteiger charge is -2.32. The van der Waals surface area contributed by atoms with Crippen LogP contribution in [0.1, 0.15) is 35.4 Å². The number of aromatic nitrogens is 2. The molecule has 6 heteroatoms. The Morgan fingerprint density at radius 3 is 2.93 bits per heavy atom. The molecule has 1 aromatic carbocycles. The molecular weight excluding hydrogens is 343 g/mol. The second kappa shape index (κ2) is 7.39. The van der Waals surface area contributed by atoms with Crippen LogP contribution in [0, 0.1) is 12.7 Å². The third kappa shape index (κ3) is 3.65. The number of amides is 2. The minimum atomic E-state index is -0.240. The summed E-state index contributed by atoms with van der Waals surface area (Å²) in [5.74, 6) is 0.189. The summed E-state index contributed by atoms with van der Waals surface area (Å²) in [7, 11) is 0. The van der Waals surface area contributed by atoms with Crippen molar-refractivity contribution in [1.29, 1.82) is 0 Å². The van der Waals surface area contributed by atoms with Gasteiger partial charge in [0.2, 0.25) is 0 Å². The lowest BCUT2D eigenvalue weighted by Crippen LogP contribution is -2.43. The van der Waals surface area contributed by atoms with E-state index in [0.29, 0.717) is 31.1 Å². The molecule has 0 atom stereocenters. The Morgan fingerprint density at radius 1 is 1.33 bits per heavy atom. The predicted molar refractivity (Wildman–Crippen MR) is 103 cm³/mol. The van der Waals surface area contributed by atoms with Gasteiger partial charge in [-0.3, -0.25) is 0 Å². The number of pyridine rings is 1. The van der Waals surface area contributed by atoms with Gasteiger partial charge in [-0.15, -0.1) is 0 Å². The monoisotopic (exact) mass is 366 g/mol. The molecule has 27 heavy (non-hydrogen) atoms. The van der Waals surface area contributed by atoms with Gasteiger partial charge in [-0.05, 0) is 60.6 Å². The fraction of sp³-hybridized carbons (Fsp3) is 0.333. The zero-order valence-corrected chi connectivity index (χ0v) is 15.3. The van der Waals surface area contributed by atoms with Crippen LogP contribution in [0.3, 0.4) is 0 Å². The largest absolute Gasteiger partial charge is 0.346 e. The van der Waals surface area contributed by atoms with E-state index in [1.54, 1.807) is 19.2 Å². The number of nitrogens with one attached hydrogen (secondary N) is 2. The summed E-state index contributed by atoms with van der Waals surface area (Å²) in [4.78, 5) is 21.9. The number of piperidine rings is 1. The highest BCUT2D eigenvalue weighted by Gasteiger charge is 2.25. The number of H-pyrrole nitrogens is 1. The number of hydrogen-bond acceptors (Lipinski definition) is 2. The summed E-state index contributed by atoms with van der Waals surface area (Å²) in [6, 6.07) is 9.01. The van der Waals surface area contributed by atoms with Gasteiger partial charge < -0.3 is 15.2 Å². The molecule has 5 nitrogen and oxygen atoms in total. The van der Waals surface area contributed by atoms with Gasteiger partial charge in [-0.25, -0.2) is 14.2 Å². The lowest BCUT2D eigenvalue weighted by molar-refractivity contribution is 0.181. The molecule has 0 aliphatic carbocycles. The minimum absolute atomic E-state index is 0.0879. The van der Waals surface area contributed by atoms with E-state index in [1.807, 2.05) is 23.2 Å². The number of aromatic amines is 1. The summed E-state index contributed by atoms with van der Waals surface area (Å²) in [5.41, 5.74) is 3.58. The Morgan fingerprint density at radius 2 is 2.15 bits per heavy atom. The van der Waals surface area contributed by atoms with Crippen molar-refractivity contribution in [2.45, 2.75) is 32.2 Å². The van der Waals surface area contributed by atoms with Crippen LogP contribution in [0.15, 0.2) is 42.7 Å². The quantitative estimate of drug-likeness (QED) is 0.733. The maximum atomic E-state index is 13.6. The number of nitrogens with zero attached hydrogens (tertiary/aromatic N) is 2. The second-order valence-electron chi connectivity index (χ2n) is 7.15. The molecule has 4 rings (SSSR count). The van der Waals surface area contributed by atoms with Crippen LogP contribution in [0.2, 0.25) is 0 Å². The number of hydrogen-bond donors (Lipinski definition) is 2. The van der Waals surface area contributed by atoms with Crippen LogP contribution >= 0.6 is 0 Å². The number of rotatable bonds is 3.